The van der Waals surface area contributed by atoms with E-state index in [1.807, 2.05) is 0 Å². The molecule has 7 heteroatoms. The summed E-state index contributed by atoms with van der Waals surface area (Å²) < 4.78 is 43.4. The van der Waals surface area contributed by atoms with Gasteiger partial charge >= 0.3 is 6.18 Å². The van der Waals surface area contributed by atoms with Crippen molar-refractivity contribution in [3.8, 4) is 11.8 Å². The third-order valence-electron chi connectivity index (χ3n) is 2.50. The lowest BCUT2D eigenvalue weighted by Crippen LogP contribution is -2.12. The van der Waals surface area contributed by atoms with Crippen LogP contribution in [0.3, 0.4) is 0 Å². The van der Waals surface area contributed by atoms with Gasteiger partial charge in [0.25, 0.3) is 0 Å². The molecule has 0 atom stereocenters. The molecule has 1 aromatic carbocycles. The maximum Gasteiger partial charge on any atom is 0.451 e. The number of alkyl halides is 3. The van der Waals surface area contributed by atoms with Gasteiger partial charge in [-0.3, -0.25) is 0 Å². The molecule has 0 saturated heterocycles. The molecule has 0 aliphatic rings. The zero-order chi connectivity index (χ0) is 14.8. The maximum atomic E-state index is 12.8. The molecule has 20 heavy (non-hydrogen) atoms. The van der Waals surface area contributed by atoms with Gasteiger partial charge in [0.05, 0.1) is 29.8 Å². The van der Waals surface area contributed by atoms with E-state index in [0.29, 0.717) is 11.1 Å². The van der Waals surface area contributed by atoms with Crippen LogP contribution in [0.1, 0.15) is 11.5 Å². The minimum Gasteiger partial charge on any atom is -0.496 e. The molecule has 0 spiro atoms. The fraction of sp³-hybridized carbons (Fsp3) is 0.154. The Morgan fingerprint density at radius 2 is 2.05 bits per heavy atom. The molecule has 0 aliphatic heterocycles. The van der Waals surface area contributed by atoms with Crippen molar-refractivity contribution in [2.45, 2.75) is 6.18 Å². The number of ether oxygens (including phenoxy) is 1. The number of methoxy groups -OCH3 is 1. The lowest BCUT2D eigenvalue weighted by atomic mass is 10.1. The third-order valence-corrected chi connectivity index (χ3v) is 2.50. The van der Waals surface area contributed by atoms with Crippen molar-refractivity contribution in [3.05, 3.63) is 35.8 Å². The quantitative estimate of drug-likeness (QED) is 0.792. The molecule has 0 bridgehead atoms. The third kappa shape index (κ3) is 2.54. The zero-order valence-corrected chi connectivity index (χ0v) is 10.3. The topological polar surface area (TPSA) is 58.8 Å². The number of hydrogen-bond donors (Lipinski definition) is 0. The van der Waals surface area contributed by atoms with Crippen LogP contribution < -0.4 is 4.74 Å². The molecule has 2 rings (SSSR count). The highest BCUT2D eigenvalue weighted by Crippen LogP contribution is 2.32. The molecule has 0 unspecified atom stereocenters. The number of halogens is 3. The summed E-state index contributed by atoms with van der Waals surface area (Å²) in [4.78, 5) is 6.96. The molecule has 0 saturated carbocycles. The van der Waals surface area contributed by atoms with Crippen LogP contribution in [0.2, 0.25) is 0 Å². The first-order chi connectivity index (χ1) is 9.47. The second kappa shape index (κ2) is 5.17. The molecule has 0 amide bonds. The maximum absolute atomic E-state index is 12.8. The summed E-state index contributed by atoms with van der Waals surface area (Å²) in [5.74, 6) is -0.912. The first kappa shape index (κ1) is 13.8. The van der Waals surface area contributed by atoms with Crippen molar-refractivity contribution in [1.29, 1.82) is 5.26 Å². The van der Waals surface area contributed by atoms with Crippen LogP contribution in [-0.2, 0) is 6.18 Å². The highest BCUT2D eigenvalue weighted by atomic mass is 19.4. The fourth-order valence-corrected chi connectivity index (χ4v) is 1.71. The molecular weight excluding hydrogens is 271 g/mol. The van der Waals surface area contributed by atoms with Gasteiger partial charge in [-0.2, -0.15) is 18.4 Å². The van der Waals surface area contributed by atoms with E-state index >= 15 is 0 Å². The van der Waals surface area contributed by atoms with Crippen molar-refractivity contribution >= 4 is 17.0 Å². The Balaban J connectivity index is 2.82. The Kier molecular flexibility index (Phi) is 3.57. The zero-order valence-electron chi connectivity index (χ0n) is 10.3. The van der Waals surface area contributed by atoms with Crippen LogP contribution in [0.5, 0.6) is 5.75 Å². The predicted molar refractivity (Wildman–Crippen MR) is 65.7 cm³/mol. The average Bonchev–Trinajstić information content (AvgIpc) is 2.42. The van der Waals surface area contributed by atoms with Crippen molar-refractivity contribution in [2.24, 2.45) is 0 Å². The average molecular weight is 279 g/mol. The highest BCUT2D eigenvalue weighted by Gasteiger charge is 2.35. The van der Waals surface area contributed by atoms with E-state index < -0.39 is 12.0 Å². The number of nitrogens with zero attached hydrogens (tertiary/aromatic N) is 3. The summed E-state index contributed by atoms with van der Waals surface area (Å²) in [7, 11) is 1.39. The van der Waals surface area contributed by atoms with Gasteiger partial charge in [-0.25, -0.2) is 9.97 Å². The van der Waals surface area contributed by atoms with Crippen LogP contribution in [-0.4, -0.2) is 17.1 Å². The molecule has 0 aliphatic carbocycles. The molecule has 0 radical (unpaired) electrons. The van der Waals surface area contributed by atoms with Gasteiger partial charge in [-0.05, 0) is 18.2 Å². The van der Waals surface area contributed by atoms with Crippen LogP contribution in [0.4, 0.5) is 13.2 Å². The molecule has 1 heterocycles. The summed E-state index contributed by atoms with van der Waals surface area (Å²) in [6.45, 7) is 0. The van der Waals surface area contributed by atoms with E-state index in [0.717, 1.165) is 6.08 Å². The fourth-order valence-electron chi connectivity index (χ4n) is 1.71. The van der Waals surface area contributed by atoms with Crippen molar-refractivity contribution in [2.75, 3.05) is 7.11 Å². The van der Waals surface area contributed by atoms with E-state index in [4.69, 9.17) is 10.00 Å². The lowest BCUT2D eigenvalue weighted by Gasteiger charge is -2.11. The Labute approximate surface area is 112 Å². The Bertz CT molecular complexity index is 717. The monoisotopic (exact) mass is 279 g/mol. The standard InChI is InChI=1S/C13H8F3N3O/c1-20-10-6-2-4-8-11(10)9(5-3-7-17)19-12(18-8)13(14,15)16/h2-6H,1H3. The minimum atomic E-state index is -4.66. The first-order valence-corrected chi connectivity index (χ1v) is 5.45. The Hall–Kier alpha value is -2.62. The summed E-state index contributed by atoms with van der Waals surface area (Å²) in [6.07, 6.45) is -2.41. The van der Waals surface area contributed by atoms with Gasteiger partial charge in [0.15, 0.2) is 0 Å². The van der Waals surface area contributed by atoms with E-state index in [1.165, 1.54) is 25.3 Å². The van der Waals surface area contributed by atoms with E-state index in [1.54, 1.807) is 12.1 Å². The molecule has 0 fully saturated rings. The minimum absolute atomic E-state index is 0.0127. The molecule has 0 N–H and O–H groups in total. The number of nitriles is 1. The summed E-state index contributed by atoms with van der Waals surface area (Å²) >= 11 is 0. The number of hydrogen-bond acceptors (Lipinski definition) is 4. The van der Waals surface area contributed by atoms with E-state index in [-0.39, 0.29) is 11.2 Å². The molecular formula is C13H8F3N3O. The normalized spacial score (nSPS) is 11.8. The van der Waals surface area contributed by atoms with Crippen molar-refractivity contribution < 1.29 is 17.9 Å². The molecule has 102 valence electrons. The van der Waals surface area contributed by atoms with Crippen LogP contribution in [0.25, 0.3) is 17.0 Å². The van der Waals surface area contributed by atoms with Gasteiger partial charge in [0.2, 0.25) is 5.82 Å². The number of benzene rings is 1. The number of allylic oxidation sites excluding steroid dienone is 1. The van der Waals surface area contributed by atoms with Crippen LogP contribution in [0, 0.1) is 11.3 Å². The lowest BCUT2D eigenvalue weighted by molar-refractivity contribution is -0.144. The summed E-state index contributed by atoms with van der Waals surface area (Å²) in [5.41, 5.74) is 0.0885. The van der Waals surface area contributed by atoms with E-state index in [9.17, 15) is 13.2 Å². The van der Waals surface area contributed by atoms with Gasteiger partial charge < -0.3 is 4.74 Å². The van der Waals surface area contributed by atoms with Crippen molar-refractivity contribution in [3.63, 3.8) is 0 Å². The van der Waals surface area contributed by atoms with Gasteiger partial charge in [0, 0.05) is 6.08 Å². The Morgan fingerprint density at radius 1 is 1.30 bits per heavy atom. The van der Waals surface area contributed by atoms with Crippen molar-refractivity contribution in [1.82, 2.24) is 9.97 Å². The van der Waals surface area contributed by atoms with Crippen LogP contribution in [0.15, 0.2) is 24.3 Å². The van der Waals surface area contributed by atoms with E-state index in [2.05, 4.69) is 9.97 Å². The second-order valence-electron chi connectivity index (χ2n) is 3.75. The SMILES string of the molecule is COc1cccc2nc(C(F)(F)F)nc(C=CC#N)c12. The largest absolute Gasteiger partial charge is 0.496 e. The smallest absolute Gasteiger partial charge is 0.451 e. The first-order valence-electron chi connectivity index (χ1n) is 5.45. The van der Waals surface area contributed by atoms with Gasteiger partial charge in [0.1, 0.15) is 5.75 Å². The number of rotatable bonds is 2. The summed E-state index contributed by atoms with van der Waals surface area (Å²) in [6, 6.07) is 6.26. The summed E-state index contributed by atoms with van der Waals surface area (Å²) in [5, 5.41) is 8.85. The van der Waals surface area contributed by atoms with Gasteiger partial charge in [-0.1, -0.05) is 6.07 Å². The van der Waals surface area contributed by atoms with Gasteiger partial charge in [-0.15, -0.1) is 0 Å². The predicted octanol–water partition coefficient (Wildman–Crippen LogP) is 3.19. The highest BCUT2D eigenvalue weighted by molar-refractivity contribution is 5.91. The Morgan fingerprint density at radius 3 is 2.65 bits per heavy atom. The van der Waals surface area contributed by atoms with Crippen LogP contribution >= 0.6 is 0 Å². The molecule has 2 aromatic rings. The molecule has 4 nitrogen and oxygen atoms in total. The molecule has 1 aromatic heterocycles. The number of aromatic nitrogens is 2. The second-order valence-corrected chi connectivity index (χ2v) is 3.75. The number of fused-ring (bicyclic) bond motifs is 1.